The molecule has 8 aliphatic rings. The third-order valence-corrected chi connectivity index (χ3v) is 20.8. The Morgan fingerprint density at radius 1 is 0.429 bits per heavy atom. The molecular weight excluding hydrogens is 1670 g/mol. The van der Waals surface area contributed by atoms with Crippen molar-refractivity contribution < 1.29 is 159 Å². The molecule has 0 saturated carbocycles. The van der Waals surface area contributed by atoms with Crippen LogP contribution in [0.15, 0.2) is 248 Å². The van der Waals surface area contributed by atoms with E-state index in [1.807, 2.05) is 249 Å². The van der Waals surface area contributed by atoms with Gasteiger partial charge in [-0.25, -0.2) is 30.3 Å². The number of nitrogens with zero attached hydrogens (tertiary/aromatic N) is 7. The average Bonchev–Trinajstić information content (AvgIpc) is 1.65. The predicted octanol–water partition coefficient (Wildman–Crippen LogP) is 5.15. The molecule has 8 heterocycles. The van der Waals surface area contributed by atoms with E-state index in [1.165, 1.54) is 20.1 Å². The van der Waals surface area contributed by atoms with Crippen molar-refractivity contribution in [2.45, 2.75) is 171 Å². The molecule has 8 aromatic carbocycles. The Kier molecular flexibility index (Phi) is 45.6. The summed E-state index contributed by atoms with van der Waals surface area (Å²) in [5, 5.41) is 23.9. The number of hydrogen-bond donors (Lipinski definition) is 6. The molecule has 6 bridgehead atoms. The Morgan fingerprint density at radius 2 is 0.754 bits per heavy atom. The van der Waals surface area contributed by atoms with Gasteiger partial charge in [-0.1, -0.05) is 260 Å². The molecule has 8 aliphatic heterocycles. The number of rotatable bonds is 27. The van der Waals surface area contributed by atoms with E-state index in [0.717, 1.165) is 82.3 Å². The molecule has 37 heteroatoms. The number of fused-ring (bicyclic) bond motifs is 6. The largest absolute Gasteiger partial charge is 1.00 e. The van der Waals surface area contributed by atoms with Gasteiger partial charge in [0.2, 0.25) is 0 Å². The summed E-state index contributed by atoms with van der Waals surface area (Å²) in [5.74, 6) is -1.70. The molecule has 664 valence electrons. The Balaban J connectivity index is 0.000000239. The summed E-state index contributed by atoms with van der Waals surface area (Å²) in [7, 11) is -4.67. The van der Waals surface area contributed by atoms with E-state index in [2.05, 4.69) is 21.3 Å². The number of halogens is 1. The molecular formula is C89H104ClLiN10NaO23S-. The number of aliphatic carboxylic acids is 1. The molecule has 0 aliphatic carbocycles. The van der Waals surface area contributed by atoms with Crippen molar-refractivity contribution >= 4 is 76.8 Å². The minimum absolute atomic E-state index is 0. The van der Waals surface area contributed by atoms with Gasteiger partial charge >= 0.3 is 101 Å². The predicted molar refractivity (Wildman–Crippen MR) is 452 cm³/mol. The number of carboxylic acid groups (broad SMARTS) is 1. The second-order valence-electron chi connectivity index (χ2n) is 29.5. The quantitative estimate of drug-likeness (QED) is 0.00968. The van der Waals surface area contributed by atoms with E-state index < -0.39 is 34.5 Å². The number of ether oxygens (including phenoxy) is 3. The summed E-state index contributed by atoms with van der Waals surface area (Å²) in [6, 6.07) is 75.1. The summed E-state index contributed by atoms with van der Waals surface area (Å²) in [6.45, 7) is 5.55. The zero-order valence-electron chi connectivity index (χ0n) is 70.1. The number of oxime groups is 1. The van der Waals surface area contributed by atoms with Crippen molar-refractivity contribution in [2.24, 2.45) is 5.16 Å². The van der Waals surface area contributed by atoms with Gasteiger partial charge in [-0.05, 0) is 102 Å². The summed E-state index contributed by atoms with van der Waals surface area (Å²) in [5.41, 5.74) is 12.1. The van der Waals surface area contributed by atoms with Crippen LogP contribution in [0, 0.1) is 0 Å². The van der Waals surface area contributed by atoms with Crippen molar-refractivity contribution in [3.05, 3.63) is 287 Å². The topological polar surface area (TPSA) is 433 Å². The maximum absolute atomic E-state index is 12.7. The van der Waals surface area contributed by atoms with Crippen LogP contribution >= 0.6 is 12.4 Å². The smallest absolute Gasteiger partial charge is 0.870 e. The van der Waals surface area contributed by atoms with Crippen LogP contribution in [0.25, 0.3) is 0 Å². The van der Waals surface area contributed by atoms with Crippen LogP contribution in [0.4, 0.5) is 14.4 Å². The van der Waals surface area contributed by atoms with Gasteiger partial charge in [0.25, 0.3) is 0 Å². The number of carbonyl (C=O) groups excluding carboxylic acids is 7. The number of amides is 6. The second-order valence-corrected chi connectivity index (χ2v) is 30.4. The summed E-state index contributed by atoms with van der Waals surface area (Å²) >= 11 is 0. The van der Waals surface area contributed by atoms with Crippen molar-refractivity contribution in [3.8, 4) is 0 Å². The number of hydrogen-bond acceptors (Lipinski definition) is 24. The van der Waals surface area contributed by atoms with E-state index in [0.29, 0.717) is 111 Å². The van der Waals surface area contributed by atoms with Crippen molar-refractivity contribution in [1.82, 2.24) is 46.0 Å². The Bertz CT molecular complexity index is 4730. The molecule has 126 heavy (non-hydrogen) atoms. The molecule has 9 atom stereocenters. The van der Waals surface area contributed by atoms with E-state index in [-0.39, 0.29) is 151 Å². The normalized spacial score (nSPS) is 20.6. The fraction of sp³-hybridized carbons (Fsp3) is 0.360. The Hall–Kier alpha value is -10.0. The number of piperidine rings is 5. The van der Waals surface area contributed by atoms with E-state index in [9.17, 15) is 38.4 Å². The summed E-state index contributed by atoms with van der Waals surface area (Å²) in [6.07, 6.45) is 8.85. The third kappa shape index (κ3) is 33.3. The fourth-order valence-electron chi connectivity index (χ4n) is 14.4. The SMILES string of the molecule is Cl.O=C(O)[C@@H]1CC[C@@H]2CN1C(=O)N2OCc1ccccc1.O=C(OCc1ccccc1)[C@@H]1CCC(=NOCc2ccccc2)CN1.O=C(OCc1ccccc1)[C@@H]1CC[C@@H]2CN1C(=O)N2OCc1ccccc1.O=C(OCc1ccccc1)[C@@H]1CC[C@H](NOCc2ccccc2)CN1.O=S(=O)(O)O.O=[C-][C@@H]1CC[C@@H]2CN1C(=O)N2OCc1ccccc1.[Li+].[Na+].[OH-].[OH-]. The molecule has 0 unspecified atom stereocenters. The van der Waals surface area contributed by atoms with E-state index >= 15 is 0 Å². The van der Waals surface area contributed by atoms with Gasteiger partial charge in [-0.15, -0.1) is 12.4 Å². The monoisotopic (exact) mass is 1780 g/mol. The molecule has 0 radical (unpaired) electrons. The molecule has 0 aromatic heterocycles. The first kappa shape index (κ1) is 105. The third-order valence-electron chi connectivity index (χ3n) is 20.8. The molecule has 8 saturated heterocycles. The number of carbonyl (C=O) groups is 7. The molecule has 8 fully saturated rings. The van der Waals surface area contributed by atoms with Gasteiger partial charge in [0, 0.05) is 38.8 Å². The fourth-order valence-corrected chi connectivity index (χ4v) is 14.4. The number of urea groups is 3. The molecule has 33 nitrogen and oxygen atoms in total. The minimum atomic E-state index is -4.67. The zero-order valence-corrected chi connectivity index (χ0v) is 73.7. The number of benzene rings is 8. The molecule has 8 aromatic rings. The first-order chi connectivity index (χ1) is 58.8. The zero-order chi connectivity index (χ0) is 85.1. The standard InChI is InChI=1S/C21H22N2O4.C20H24N2O3.C20H22N2O3.C14H16N2O4.C14H15N2O3.ClH.Li.Na.H2O4S.2H2O/c24-20(26-14-16-7-3-1-4-8-16)19-12-11-18-13-22(19)21(25)23(18)27-15-17-9-5-2-6-10-17;2*23-20(24-14-16-7-3-1-4-8-16)19-12-11-18(13-21-19)22-25-15-17-9-5-2-6-10-17;17-13(18)12-7-6-11-8-15(12)14(19)16(11)20-9-10-4-2-1-3-5-10;17-9-13-7-6-12-8-15(13)14(18)16(12)19-10-11-4-2-1-3-5-11;;;;1-5(2,3)4;;/h1-10,18-19H,11-15H2;1-10,18-19,21-22H,11-15H2;1-10,19,21H,11-15H2;1-5,11-12H,6-9H2,(H,17,18);1-5,12-13H,6-8,10H2;1H;;;(H2,1,2,3,4);2*1H2/q;;;;-1;;2*+1;;;/p-2/t18-,19+;18-,19-;19-;11-,12+;12-,13+;;;;;;/m10011....../s1. The van der Waals surface area contributed by atoms with Crippen LogP contribution in [0.3, 0.4) is 0 Å². The van der Waals surface area contributed by atoms with Crippen LogP contribution in [0.5, 0.6) is 0 Å². The van der Waals surface area contributed by atoms with Gasteiger partial charge in [0.1, 0.15) is 70.4 Å². The molecule has 16 rings (SSSR count). The van der Waals surface area contributed by atoms with Gasteiger partial charge in [-0.2, -0.15) is 29.1 Å². The maximum atomic E-state index is 12.7. The molecule has 8 N–H and O–H groups in total. The van der Waals surface area contributed by atoms with E-state index in [1.54, 1.807) is 9.80 Å². The first-order valence-corrected chi connectivity index (χ1v) is 41.5. The van der Waals surface area contributed by atoms with Crippen LogP contribution in [-0.4, -0.2) is 205 Å². The number of esters is 3. The van der Waals surface area contributed by atoms with Crippen LogP contribution in [-0.2, 0) is 126 Å². The number of carboxylic acids is 1. The minimum Gasteiger partial charge on any atom is -0.870 e. The number of hydroxylamine groups is 7. The Labute approximate surface area is 772 Å². The van der Waals surface area contributed by atoms with Crippen LogP contribution in [0.1, 0.15) is 109 Å². The molecule has 0 spiro atoms. The van der Waals surface area contributed by atoms with E-state index in [4.69, 9.17) is 61.0 Å². The van der Waals surface area contributed by atoms with Crippen molar-refractivity contribution in [2.75, 3.05) is 32.7 Å². The van der Waals surface area contributed by atoms with Gasteiger partial charge in [-0.3, -0.25) is 43.4 Å². The second kappa shape index (κ2) is 54.9. The molecule has 6 amide bonds. The van der Waals surface area contributed by atoms with Gasteiger partial charge < -0.3 is 59.9 Å². The summed E-state index contributed by atoms with van der Waals surface area (Å²) < 4.78 is 47.8. The van der Waals surface area contributed by atoms with Gasteiger partial charge in [0.15, 0.2) is 0 Å². The Morgan fingerprint density at radius 3 is 1.11 bits per heavy atom. The van der Waals surface area contributed by atoms with Crippen molar-refractivity contribution in [1.29, 1.82) is 0 Å². The average molecular weight is 1780 g/mol. The number of nitrogens with one attached hydrogen (secondary N) is 3. The summed E-state index contributed by atoms with van der Waals surface area (Å²) in [4.78, 5) is 128. The maximum Gasteiger partial charge on any atom is 1.00 e. The van der Waals surface area contributed by atoms with Gasteiger partial charge in [0.05, 0.1) is 30.4 Å². The van der Waals surface area contributed by atoms with Crippen LogP contribution < -0.4 is 64.5 Å². The first-order valence-electron chi connectivity index (χ1n) is 40.1. The van der Waals surface area contributed by atoms with Crippen LogP contribution in [0.2, 0.25) is 0 Å². The van der Waals surface area contributed by atoms with Crippen molar-refractivity contribution in [3.63, 3.8) is 0 Å².